The number of rotatable bonds is 5. The van der Waals surface area contributed by atoms with Crippen molar-refractivity contribution in [3.05, 3.63) is 182 Å². The number of benzene rings is 8. The van der Waals surface area contributed by atoms with Crippen LogP contribution in [0.5, 0.6) is 0 Å². The summed E-state index contributed by atoms with van der Waals surface area (Å²) in [5.74, 6) is 0. The highest BCUT2D eigenvalue weighted by atomic mass is 32.1. The molecule has 0 bridgehead atoms. The first-order valence-corrected chi connectivity index (χ1v) is 19.3. The van der Waals surface area contributed by atoms with Crippen LogP contribution in [0.3, 0.4) is 0 Å². The van der Waals surface area contributed by atoms with Crippen LogP contribution >= 0.6 is 11.3 Å². The van der Waals surface area contributed by atoms with Crippen molar-refractivity contribution >= 4 is 103 Å². The molecule has 258 valence electrons. The molecule has 4 heterocycles. The molecule has 0 N–H and O–H groups in total. The molecule has 0 aliphatic carbocycles. The molecule has 0 unspecified atom stereocenters. The van der Waals surface area contributed by atoms with E-state index in [2.05, 4.69) is 167 Å². The van der Waals surface area contributed by atoms with Gasteiger partial charge in [0.2, 0.25) is 0 Å². The molecule has 0 saturated heterocycles. The highest BCUT2D eigenvalue weighted by Gasteiger charge is 2.21. The molecule has 12 rings (SSSR count). The lowest BCUT2D eigenvalue weighted by Crippen LogP contribution is -2.09. The lowest BCUT2D eigenvalue weighted by atomic mass is 10.0. The minimum Gasteiger partial charge on any atom is -0.456 e. The predicted molar refractivity (Wildman–Crippen MR) is 231 cm³/mol. The summed E-state index contributed by atoms with van der Waals surface area (Å²) in [7, 11) is 0. The van der Waals surface area contributed by atoms with Crippen LogP contribution in [-0.2, 0) is 0 Å². The lowest BCUT2D eigenvalue weighted by Gasteiger charge is -2.26. The Bertz CT molecular complexity index is 3340. The second kappa shape index (κ2) is 11.7. The first kappa shape index (κ1) is 30.4. The van der Waals surface area contributed by atoms with E-state index < -0.39 is 0 Å². The zero-order valence-electron chi connectivity index (χ0n) is 29.4. The van der Waals surface area contributed by atoms with Crippen molar-refractivity contribution in [1.82, 2.24) is 4.57 Å². The Morgan fingerprint density at radius 1 is 0.400 bits per heavy atom. The van der Waals surface area contributed by atoms with Gasteiger partial charge in [-0.25, -0.2) is 0 Å². The van der Waals surface area contributed by atoms with Gasteiger partial charge in [-0.3, -0.25) is 0 Å². The average Bonchev–Trinajstić information content (AvgIpc) is 3.99. The number of aromatic nitrogens is 1. The second-order valence-corrected chi connectivity index (χ2v) is 15.1. The van der Waals surface area contributed by atoms with Crippen molar-refractivity contribution in [2.24, 2.45) is 0 Å². The van der Waals surface area contributed by atoms with E-state index in [9.17, 15) is 0 Å². The topological polar surface area (TPSA) is 34.5 Å². The number of hydrogen-bond donors (Lipinski definition) is 0. The van der Waals surface area contributed by atoms with Gasteiger partial charge in [-0.15, -0.1) is 11.3 Å². The van der Waals surface area contributed by atoms with Crippen molar-refractivity contribution in [1.29, 1.82) is 0 Å². The number of thiophene rings is 1. The van der Waals surface area contributed by atoms with Crippen LogP contribution in [0, 0.1) is 0 Å². The van der Waals surface area contributed by atoms with Crippen molar-refractivity contribution in [3.63, 3.8) is 0 Å². The predicted octanol–water partition coefficient (Wildman–Crippen LogP) is 14.9. The number of anilines is 3. The fraction of sp³-hybridized carbons (Fsp3) is 0. The maximum absolute atomic E-state index is 6.41. The molecule has 8 aromatic carbocycles. The maximum Gasteiger partial charge on any atom is 0.137 e. The Balaban J connectivity index is 1.06. The standard InChI is InChI=1S/C50H30N2O2S/c1-2-13-32(14-3-1)52-43-21-7-4-18-41(43)50-48(52)42-20-11-19-36(49(42)55-50)31-12-10-15-33(28-31)51(34-24-26-39-37-16-5-8-22-44(37)53-46(39)29-34)35-25-27-40-38-17-6-9-23-45(38)54-47(40)30-35/h1-30H. The summed E-state index contributed by atoms with van der Waals surface area (Å²) >= 11 is 1.88. The van der Waals surface area contributed by atoms with Crippen molar-refractivity contribution < 1.29 is 8.83 Å². The van der Waals surface area contributed by atoms with Gasteiger partial charge in [0.05, 0.1) is 15.7 Å². The summed E-state index contributed by atoms with van der Waals surface area (Å²) in [5.41, 5.74) is 12.5. The quantitative estimate of drug-likeness (QED) is 0.177. The van der Waals surface area contributed by atoms with E-state index in [1.165, 1.54) is 42.5 Å². The van der Waals surface area contributed by atoms with E-state index in [4.69, 9.17) is 8.83 Å². The van der Waals surface area contributed by atoms with Crippen molar-refractivity contribution in [2.75, 3.05) is 4.90 Å². The van der Waals surface area contributed by atoms with Crippen molar-refractivity contribution in [3.8, 4) is 16.8 Å². The molecule has 4 aromatic heterocycles. The van der Waals surface area contributed by atoms with Gasteiger partial charge in [0, 0.05) is 71.9 Å². The molecule has 0 spiro atoms. The normalized spacial score (nSPS) is 12.0. The van der Waals surface area contributed by atoms with Crippen LogP contribution in [0.15, 0.2) is 191 Å². The lowest BCUT2D eigenvalue weighted by molar-refractivity contribution is 0.669. The van der Waals surface area contributed by atoms with E-state index >= 15 is 0 Å². The van der Waals surface area contributed by atoms with Gasteiger partial charge in [-0.1, -0.05) is 103 Å². The van der Waals surface area contributed by atoms with Gasteiger partial charge in [0.15, 0.2) is 0 Å². The number of hydrogen-bond acceptors (Lipinski definition) is 4. The smallest absolute Gasteiger partial charge is 0.137 e. The Hall–Kier alpha value is -7.08. The molecule has 0 saturated carbocycles. The summed E-state index contributed by atoms with van der Waals surface area (Å²) in [6, 6.07) is 64.6. The highest BCUT2D eigenvalue weighted by Crippen LogP contribution is 2.47. The Labute approximate surface area is 319 Å². The zero-order chi connectivity index (χ0) is 36.0. The fourth-order valence-corrected chi connectivity index (χ4v) is 9.89. The van der Waals surface area contributed by atoms with Crippen LogP contribution in [0.4, 0.5) is 17.1 Å². The minimum absolute atomic E-state index is 0.853. The molecular weight excluding hydrogens is 693 g/mol. The molecule has 0 amide bonds. The Morgan fingerprint density at radius 3 is 1.67 bits per heavy atom. The van der Waals surface area contributed by atoms with Crippen LogP contribution < -0.4 is 4.90 Å². The van der Waals surface area contributed by atoms with Gasteiger partial charge < -0.3 is 18.3 Å². The number of nitrogens with zero attached hydrogens (tertiary/aromatic N) is 2. The molecule has 55 heavy (non-hydrogen) atoms. The molecule has 0 atom stereocenters. The summed E-state index contributed by atoms with van der Waals surface area (Å²) in [5, 5.41) is 6.96. The van der Waals surface area contributed by atoms with E-state index in [1.807, 2.05) is 35.6 Å². The van der Waals surface area contributed by atoms with Gasteiger partial charge >= 0.3 is 0 Å². The van der Waals surface area contributed by atoms with Gasteiger partial charge in [0.1, 0.15) is 22.3 Å². The van der Waals surface area contributed by atoms with Gasteiger partial charge in [-0.2, -0.15) is 0 Å². The third-order valence-corrected chi connectivity index (χ3v) is 12.2. The molecule has 5 heteroatoms. The minimum atomic E-state index is 0.853. The van der Waals surface area contributed by atoms with Crippen LogP contribution in [0.25, 0.3) is 91.9 Å². The Kier molecular flexibility index (Phi) is 6.47. The largest absolute Gasteiger partial charge is 0.456 e. The number of fused-ring (bicyclic) bond motifs is 11. The third-order valence-electron chi connectivity index (χ3n) is 11.0. The Morgan fingerprint density at radius 2 is 0.964 bits per heavy atom. The first-order valence-electron chi connectivity index (χ1n) is 18.5. The molecular formula is C50H30N2O2S. The maximum atomic E-state index is 6.41. The van der Waals surface area contributed by atoms with Crippen LogP contribution in [0.1, 0.15) is 0 Å². The van der Waals surface area contributed by atoms with E-state index in [-0.39, 0.29) is 0 Å². The zero-order valence-corrected chi connectivity index (χ0v) is 30.3. The molecule has 0 fully saturated rings. The third kappa shape index (κ3) is 4.57. The van der Waals surface area contributed by atoms with Gasteiger partial charge in [-0.05, 0) is 77.9 Å². The number of furan rings is 2. The fourth-order valence-electron chi connectivity index (χ4n) is 8.53. The second-order valence-electron chi connectivity index (χ2n) is 14.1. The monoisotopic (exact) mass is 722 g/mol. The summed E-state index contributed by atoms with van der Waals surface area (Å²) in [6.45, 7) is 0. The van der Waals surface area contributed by atoms with Crippen LogP contribution in [0.2, 0.25) is 0 Å². The van der Waals surface area contributed by atoms with Crippen LogP contribution in [-0.4, -0.2) is 4.57 Å². The molecule has 12 aromatic rings. The van der Waals surface area contributed by atoms with E-state index in [0.717, 1.165) is 66.5 Å². The first-order chi connectivity index (χ1) is 27.3. The average molecular weight is 723 g/mol. The molecule has 0 aliphatic heterocycles. The summed E-state index contributed by atoms with van der Waals surface area (Å²) in [4.78, 5) is 2.31. The number of para-hydroxylation sites is 4. The molecule has 4 nitrogen and oxygen atoms in total. The highest BCUT2D eigenvalue weighted by molar-refractivity contribution is 7.27. The molecule has 0 aliphatic rings. The van der Waals surface area contributed by atoms with E-state index in [0.29, 0.717) is 0 Å². The SMILES string of the molecule is c1ccc(-n2c3ccccc3c3sc4c(-c5cccc(N(c6ccc7c(c6)oc6ccccc67)c6ccc7c(c6)oc6ccccc67)c5)cccc4c32)cc1. The summed E-state index contributed by atoms with van der Waals surface area (Å²) in [6.07, 6.45) is 0. The molecule has 0 radical (unpaired) electrons. The van der Waals surface area contributed by atoms with Gasteiger partial charge in [0.25, 0.3) is 0 Å². The van der Waals surface area contributed by atoms with E-state index in [1.54, 1.807) is 0 Å². The summed E-state index contributed by atoms with van der Waals surface area (Å²) < 4.78 is 17.8. The van der Waals surface area contributed by atoms with Crippen molar-refractivity contribution in [2.45, 2.75) is 0 Å².